The highest BCUT2D eigenvalue weighted by molar-refractivity contribution is 7.20. The van der Waals surface area contributed by atoms with Crippen molar-refractivity contribution in [3.63, 3.8) is 0 Å². The summed E-state index contributed by atoms with van der Waals surface area (Å²) in [6, 6.07) is 18.8. The van der Waals surface area contributed by atoms with Crippen LogP contribution in [0.15, 0.2) is 103 Å². The average molecular weight is 1500 g/mol. The number of halogens is 6. The smallest absolute Gasteiger partial charge is 0.249 e. The second kappa shape index (κ2) is 30.7. The summed E-state index contributed by atoms with van der Waals surface area (Å²) in [7, 11) is 0. The fourth-order valence-corrected chi connectivity index (χ4v) is 13.2. The molecule has 32 heteroatoms. The zero-order chi connectivity index (χ0) is 73.1. The van der Waals surface area contributed by atoms with Crippen molar-refractivity contribution >= 4 is 161 Å². The van der Waals surface area contributed by atoms with Gasteiger partial charge in [0.15, 0.2) is 11.6 Å². The fourth-order valence-electron chi connectivity index (χ4n) is 10.7. The predicted octanol–water partition coefficient (Wildman–Crippen LogP) is 15.4. The van der Waals surface area contributed by atoms with E-state index < -0.39 is 47.6 Å². The summed E-state index contributed by atoms with van der Waals surface area (Å²) >= 11 is 26.0. The van der Waals surface area contributed by atoms with Gasteiger partial charge in [-0.1, -0.05) is 150 Å². The van der Waals surface area contributed by atoms with Gasteiger partial charge in [0.1, 0.15) is 47.3 Å². The Bertz CT molecular complexity index is 4090. The number of carbonyl (C=O) groups excluding carboxylic acids is 8. The minimum Gasteiger partial charge on any atom is -0.359 e. The summed E-state index contributed by atoms with van der Waals surface area (Å²) in [6.45, 7) is 23.8. The highest BCUT2D eigenvalue weighted by Crippen LogP contribution is 2.39. The molecule has 2 aromatic carbocycles. The molecule has 8 aromatic rings. The van der Waals surface area contributed by atoms with Gasteiger partial charge in [0.05, 0.1) is 41.4 Å². The lowest BCUT2D eigenvalue weighted by molar-refractivity contribution is -0.120. The van der Waals surface area contributed by atoms with E-state index in [0.29, 0.717) is 67.4 Å². The third-order valence-corrected chi connectivity index (χ3v) is 19.0. The van der Waals surface area contributed by atoms with E-state index in [1.807, 2.05) is 83.1 Å². The molecule has 12 rings (SSSR count). The lowest BCUT2D eigenvalue weighted by Gasteiger charge is -2.24. The molecule has 100 heavy (non-hydrogen) atoms. The van der Waals surface area contributed by atoms with Crippen molar-refractivity contribution in [3.8, 4) is 0 Å². The van der Waals surface area contributed by atoms with Gasteiger partial charge in [0.25, 0.3) is 0 Å². The van der Waals surface area contributed by atoms with E-state index in [1.54, 1.807) is 48.5 Å². The van der Waals surface area contributed by atoms with Crippen molar-refractivity contribution in [2.75, 3.05) is 40.9 Å². The Morgan fingerprint density at radius 1 is 0.420 bits per heavy atom. The number of anilines is 8. The first-order chi connectivity index (χ1) is 46.8. The van der Waals surface area contributed by atoms with Crippen molar-refractivity contribution < 1.29 is 65.2 Å². The molecule has 0 saturated carbocycles. The maximum absolute atomic E-state index is 14.2. The number of aromatic nitrogens is 4. The number of nitrogens with one attached hydrogen (secondary N) is 4. The molecule has 24 nitrogen and oxygen atoms in total. The van der Waals surface area contributed by atoms with Crippen LogP contribution in [0, 0.1) is 11.6 Å². The summed E-state index contributed by atoms with van der Waals surface area (Å²) in [6.07, 6.45) is 2.47. The van der Waals surface area contributed by atoms with Crippen molar-refractivity contribution in [1.29, 1.82) is 0 Å². The third-order valence-electron chi connectivity index (χ3n) is 16.0. The van der Waals surface area contributed by atoms with E-state index in [1.165, 1.54) is 66.5 Å². The summed E-state index contributed by atoms with van der Waals surface area (Å²) in [4.78, 5) is 105. The van der Waals surface area contributed by atoms with Crippen LogP contribution in [0.25, 0.3) is 0 Å². The van der Waals surface area contributed by atoms with Crippen LogP contribution in [0.3, 0.4) is 0 Å². The number of carbonyl (C=O) groups is 8. The molecule has 0 spiro atoms. The molecule has 4 N–H and O–H groups in total. The maximum atomic E-state index is 14.2. The Hall–Kier alpha value is -8.54. The lowest BCUT2D eigenvalue weighted by Crippen LogP contribution is -2.42. The number of benzene rings is 2. The number of rotatable bonds is 12. The van der Waals surface area contributed by atoms with E-state index in [-0.39, 0.29) is 122 Å². The first-order valence-corrected chi connectivity index (χ1v) is 34.8. The number of amides is 8. The molecule has 4 aliphatic heterocycles. The van der Waals surface area contributed by atoms with Crippen LogP contribution in [0.2, 0.25) is 18.7 Å². The van der Waals surface area contributed by atoms with Gasteiger partial charge in [-0.2, -0.15) is 0 Å². The van der Waals surface area contributed by atoms with E-state index in [9.17, 15) is 47.1 Å². The zero-order valence-corrected chi connectivity index (χ0v) is 61.3. The Balaban J connectivity index is 0.000000156. The van der Waals surface area contributed by atoms with Crippen LogP contribution < -0.4 is 40.9 Å². The average Bonchev–Trinajstić information content (AvgIpc) is 1.63. The molecule has 4 aliphatic rings. The van der Waals surface area contributed by atoms with Crippen LogP contribution in [0.4, 0.5) is 53.6 Å². The van der Waals surface area contributed by atoms with Gasteiger partial charge < -0.3 is 28.7 Å². The highest BCUT2D eigenvalue weighted by Gasteiger charge is 2.43. The van der Waals surface area contributed by atoms with Crippen molar-refractivity contribution in [3.05, 3.63) is 138 Å². The van der Waals surface area contributed by atoms with Crippen LogP contribution in [-0.2, 0) is 60.0 Å². The monoisotopic (exact) mass is 1490 g/mol. The molecule has 0 unspecified atom stereocenters. The fraction of sp³-hybridized carbons (Fsp3) is 0.412. The zero-order valence-electron chi connectivity index (χ0n) is 56.6. The number of hydrogen-bond donors (Lipinski definition) is 4. The minimum absolute atomic E-state index is 0.0324. The molecule has 0 aliphatic carbocycles. The molecule has 0 radical (unpaired) electrons. The molecule has 4 saturated heterocycles. The summed E-state index contributed by atoms with van der Waals surface area (Å²) in [5, 5.41) is 28.1. The van der Waals surface area contributed by atoms with Crippen LogP contribution in [0.1, 0.15) is 157 Å². The van der Waals surface area contributed by atoms with Gasteiger partial charge >= 0.3 is 0 Å². The van der Waals surface area contributed by atoms with Gasteiger partial charge in [-0.25, -0.2) is 8.78 Å². The van der Waals surface area contributed by atoms with Gasteiger partial charge in [-0.3, -0.25) is 68.6 Å². The Kier molecular flexibility index (Phi) is 23.3. The molecule has 0 bridgehead atoms. The standard InChI is InChI=1S/2C18H19ClFN3O3.2C16H18ClN3O3S/c1-18(2,3)14-9-15(22-26-14)21-17(25)13-6-7-16(24)23(13)12-5-4-10(19)8-11(12)20;1-18(2,3)14-9-15(26-22-14)21-17(25)13-6-7-16(24)23(13)12-5-4-10(19)8-11(12)20;1-16(2,3)10-8-12(19-23-10)18-15(22)9-4-6-13(21)20(9)14-7-5-11(17)24-14;1-16(2,3)10-8-12(23-19-10)18-15(22)9-4-6-13(21)20(9)14-7-5-11(17)24-14/h4-5,8-9,13H,6-7H2,1-3H3,(H,21,22,25);4-5,8-9,13H,6-7H2,1-3H3,(H,21,25);5,7-9H,4,6H2,1-3H3,(H,18,19,22);5,7-9H,4,6H2,1-3H3,(H,18,22)/t2*13-;2*9-/m0000/s1. The minimum atomic E-state index is -0.832. The molecule has 4 atom stereocenters. The first-order valence-electron chi connectivity index (χ1n) is 31.7. The lowest BCUT2D eigenvalue weighted by atomic mass is 9.92. The Labute approximate surface area is 602 Å². The molecule has 532 valence electrons. The molecule has 6 aromatic heterocycles. The third kappa shape index (κ3) is 18.3. The van der Waals surface area contributed by atoms with Crippen LogP contribution in [-0.4, -0.2) is 92.1 Å². The van der Waals surface area contributed by atoms with Crippen molar-refractivity contribution in [2.45, 2.75) is 180 Å². The van der Waals surface area contributed by atoms with Gasteiger partial charge in [-0.05, 0) is 86.3 Å². The Morgan fingerprint density at radius 2 is 0.740 bits per heavy atom. The number of thiophene rings is 2. The summed E-state index contributed by atoms with van der Waals surface area (Å²) in [5.41, 5.74) is 0.663. The van der Waals surface area contributed by atoms with Crippen LogP contribution in [0.5, 0.6) is 0 Å². The largest absolute Gasteiger partial charge is 0.359 e. The van der Waals surface area contributed by atoms with E-state index in [0.717, 1.165) is 17.8 Å². The quantitative estimate of drug-likeness (QED) is 0.0883. The topological polar surface area (TPSA) is 302 Å². The van der Waals surface area contributed by atoms with Gasteiger partial charge in [-0.15, -0.1) is 22.7 Å². The molecule has 8 amide bonds. The molecular formula is C68H74Cl4F2N12O12S2. The summed E-state index contributed by atoms with van der Waals surface area (Å²) < 4.78 is 50.5. The van der Waals surface area contributed by atoms with E-state index in [2.05, 4.69) is 41.9 Å². The Morgan fingerprint density at radius 3 is 1.02 bits per heavy atom. The van der Waals surface area contributed by atoms with Crippen LogP contribution >= 0.6 is 69.1 Å². The second-order valence-corrected chi connectivity index (χ2v) is 32.1. The number of hydrogen-bond acceptors (Lipinski definition) is 18. The van der Waals surface area contributed by atoms with E-state index >= 15 is 0 Å². The number of nitrogens with zero attached hydrogens (tertiary/aromatic N) is 8. The van der Waals surface area contributed by atoms with E-state index in [4.69, 9.17) is 64.5 Å². The molecule has 4 fully saturated rings. The van der Waals surface area contributed by atoms with Gasteiger partial charge in [0, 0.05) is 81.7 Å². The highest BCUT2D eigenvalue weighted by atomic mass is 35.5. The SMILES string of the molecule is CC(C)(C)c1cc(NC(=O)[C@@H]2CCC(=O)N2c2ccc(Cl)cc2F)no1.CC(C)(C)c1cc(NC(=O)[C@@H]2CCC(=O)N2c2ccc(Cl)cc2F)on1.CC(C)(C)c1cc(NC(=O)[C@@H]2CCC(=O)N2c2ccc(Cl)s2)no1.CC(C)(C)c1cc(NC(=O)[C@@H]2CCC(=O)N2c2ccc(Cl)s2)on1. The second-order valence-electron chi connectivity index (χ2n) is 27.9. The summed E-state index contributed by atoms with van der Waals surface area (Å²) in [5.74, 6) is -1.18. The maximum Gasteiger partial charge on any atom is 0.249 e. The predicted molar refractivity (Wildman–Crippen MR) is 379 cm³/mol. The molecular weight excluding hydrogens is 1420 g/mol. The van der Waals surface area contributed by atoms with Crippen molar-refractivity contribution in [2.24, 2.45) is 0 Å². The van der Waals surface area contributed by atoms with Crippen molar-refractivity contribution in [1.82, 2.24) is 20.6 Å². The van der Waals surface area contributed by atoms with Gasteiger partial charge in [0.2, 0.25) is 59.0 Å². The first kappa shape index (κ1) is 75.7. The normalized spacial score (nSPS) is 17.9. The molecule has 10 heterocycles.